The third-order valence-electron chi connectivity index (χ3n) is 13.4. The largest absolute Gasteiger partial charge is 0.314 e. The summed E-state index contributed by atoms with van der Waals surface area (Å²) in [5.74, 6) is 0.374. The van der Waals surface area contributed by atoms with Gasteiger partial charge in [-0.25, -0.2) is 0 Å². The van der Waals surface area contributed by atoms with E-state index in [1.807, 2.05) is 0 Å². The predicted octanol–water partition coefficient (Wildman–Crippen LogP) is 15.4. The second-order valence-electron chi connectivity index (χ2n) is 17.1. The summed E-state index contributed by atoms with van der Waals surface area (Å²) in [4.78, 5) is 2.50. The molecule has 0 amide bonds. The molecule has 7 aromatic rings. The predicted molar refractivity (Wildman–Crippen MR) is 249 cm³/mol. The second-order valence-corrected chi connectivity index (χ2v) is 17.1. The lowest BCUT2D eigenvalue weighted by Gasteiger charge is -2.33. The highest BCUT2D eigenvalue weighted by molar-refractivity contribution is 6.10. The van der Waals surface area contributed by atoms with Crippen LogP contribution in [-0.2, 0) is 0 Å². The topological polar surface area (TPSA) is 8.17 Å². The zero-order valence-corrected chi connectivity index (χ0v) is 33.9. The van der Waals surface area contributed by atoms with Crippen molar-refractivity contribution in [2.45, 2.75) is 46.0 Å². The molecular formula is C57H48N2. The molecule has 1 unspecified atom stereocenters. The number of allylic oxidation sites excluding steroid dienone is 12. The van der Waals surface area contributed by atoms with Crippen molar-refractivity contribution in [2.24, 2.45) is 11.3 Å². The Morgan fingerprint density at radius 1 is 0.559 bits per heavy atom. The van der Waals surface area contributed by atoms with Crippen molar-refractivity contribution in [1.82, 2.24) is 4.57 Å². The van der Waals surface area contributed by atoms with E-state index in [0.29, 0.717) is 5.92 Å². The average Bonchev–Trinajstić information content (AvgIpc) is 3.76. The molecule has 286 valence electrons. The van der Waals surface area contributed by atoms with Crippen LogP contribution in [0.2, 0.25) is 0 Å². The van der Waals surface area contributed by atoms with E-state index >= 15 is 0 Å². The Morgan fingerprint density at radius 2 is 1.12 bits per heavy atom. The van der Waals surface area contributed by atoms with Crippen LogP contribution in [0.1, 0.15) is 46.0 Å². The van der Waals surface area contributed by atoms with Crippen LogP contribution >= 0.6 is 0 Å². The lowest BCUT2D eigenvalue weighted by atomic mass is 9.74. The molecule has 0 bridgehead atoms. The molecule has 0 N–H and O–H groups in total. The van der Waals surface area contributed by atoms with E-state index in [1.165, 1.54) is 72.4 Å². The van der Waals surface area contributed by atoms with Crippen LogP contribution in [0, 0.1) is 11.3 Å². The van der Waals surface area contributed by atoms with E-state index in [2.05, 4.69) is 211 Å². The van der Waals surface area contributed by atoms with E-state index in [-0.39, 0.29) is 5.41 Å². The average molecular weight is 761 g/mol. The number of nitrogens with zero attached hydrogens (tertiary/aromatic N) is 2. The van der Waals surface area contributed by atoms with Crippen LogP contribution in [0.3, 0.4) is 0 Å². The van der Waals surface area contributed by atoms with E-state index in [4.69, 9.17) is 0 Å². The van der Waals surface area contributed by atoms with Crippen molar-refractivity contribution in [1.29, 1.82) is 0 Å². The molecule has 0 spiro atoms. The summed E-state index contributed by atoms with van der Waals surface area (Å²) in [6.45, 7) is 4.96. The fraction of sp³-hybridized carbons (Fsp3) is 0.158. The number of hydrogen-bond donors (Lipinski definition) is 0. The summed E-state index contributed by atoms with van der Waals surface area (Å²) in [5, 5.41) is 2.63. The van der Waals surface area contributed by atoms with Crippen LogP contribution in [0.5, 0.6) is 0 Å². The molecule has 1 heterocycles. The smallest absolute Gasteiger partial charge is 0.0540 e. The number of rotatable bonds is 7. The Bertz CT molecular complexity index is 2890. The van der Waals surface area contributed by atoms with Gasteiger partial charge in [-0.05, 0) is 125 Å². The number of para-hydroxylation sites is 3. The zero-order chi connectivity index (χ0) is 39.5. The summed E-state index contributed by atoms with van der Waals surface area (Å²) in [6, 6.07) is 57.3. The van der Waals surface area contributed by atoms with Gasteiger partial charge in [0.15, 0.2) is 0 Å². The first kappa shape index (κ1) is 35.5. The van der Waals surface area contributed by atoms with Gasteiger partial charge in [-0.3, -0.25) is 0 Å². The normalized spacial score (nSPS) is 18.4. The maximum atomic E-state index is 2.57. The van der Waals surface area contributed by atoms with Gasteiger partial charge >= 0.3 is 0 Å². The maximum Gasteiger partial charge on any atom is 0.0540 e. The third kappa shape index (κ3) is 6.00. The van der Waals surface area contributed by atoms with Crippen molar-refractivity contribution in [2.75, 3.05) is 4.90 Å². The number of benzene rings is 6. The number of anilines is 2. The van der Waals surface area contributed by atoms with Gasteiger partial charge in [0, 0.05) is 44.9 Å². The Hall–Kier alpha value is -6.64. The fourth-order valence-electron chi connectivity index (χ4n) is 10.5. The van der Waals surface area contributed by atoms with Gasteiger partial charge in [-0.2, -0.15) is 0 Å². The van der Waals surface area contributed by atoms with Gasteiger partial charge in [0.1, 0.15) is 0 Å². The first-order valence-electron chi connectivity index (χ1n) is 21.4. The number of fused-ring (bicyclic) bond motifs is 4. The second kappa shape index (κ2) is 14.3. The Labute approximate surface area is 348 Å². The monoisotopic (exact) mass is 760 g/mol. The van der Waals surface area contributed by atoms with Gasteiger partial charge in [0.25, 0.3) is 0 Å². The number of hydrogen-bond acceptors (Lipinski definition) is 1. The standard InChI is InChI=1S/C57H48N2/c1-57(2)52-21-13-20-48(43-30-34-46(35-31-43)59-54-22-11-9-18-49(54)50-19-10-12-23-55(50)59)56(52)51-37-36-47(38-53(51)57)58(44-16-7-4-8-17-44)45-32-28-42(29-33-45)41-26-24-40(25-27-41)39-14-5-3-6-15-39/h3-12,14-20,22-30,32-35,38,43H,13,21,31,36-37H2,1-2H3. The Morgan fingerprint density at radius 3 is 1.75 bits per heavy atom. The van der Waals surface area contributed by atoms with Gasteiger partial charge in [-0.1, -0.05) is 159 Å². The Balaban J connectivity index is 0.901. The molecule has 1 atom stereocenters. The first-order chi connectivity index (χ1) is 29.0. The molecule has 0 aliphatic heterocycles. The minimum atomic E-state index is -0.0175. The molecule has 4 aliphatic carbocycles. The highest BCUT2D eigenvalue weighted by atomic mass is 15.1. The molecule has 2 nitrogen and oxygen atoms in total. The lowest BCUT2D eigenvalue weighted by molar-refractivity contribution is 0.528. The SMILES string of the molecule is CC1(C)C2=C(CCC(N(c3ccccc3)c3ccc(-c4ccc(-c5ccccc5)cc4)cc3)=C2)C2=C1CCC=C2C1C=CC(n2c3ccccc3c3ccccc32)=CC1. The molecule has 2 heteroatoms. The molecule has 0 saturated heterocycles. The van der Waals surface area contributed by atoms with Gasteiger partial charge in [-0.15, -0.1) is 0 Å². The van der Waals surface area contributed by atoms with Crippen molar-refractivity contribution in [3.05, 3.63) is 222 Å². The number of aromatic nitrogens is 1. The minimum absolute atomic E-state index is 0.0175. The van der Waals surface area contributed by atoms with Crippen LogP contribution in [0.15, 0.2) is 222 Å². The fourth-order valence-corrected chi connectivity index (χ4v) is 10.5. The minimum Gasteiger partial charge on any atom is -0.314 e. The molecule has 59 heavy (non-hydrogen) atoms. The summed E-state index contributed by atoms with van der Waals surface area (Å²) in [6.07, 6.45) is 17.8. The lowest BCUT2D eigenvalue weighted by Crippen LogP contribution is -2.21. The molecule has 0 fully saturated rings. The highest BCUT2D eigenvalue weighted by Gasteiger charge is 2.43. The third-order valence-corrected chi connectivity index (χ3v) is 13.4. The molecule has 0 radical (unpaired) electrons. The Kier molecular flexibility index (Phi) is 8.62. The molecule has 6 aromatic carbocycles. The summed E-state index contributed by atoms with van der Waals surface area (Å²) in [5.41, 5.74) is 20.4. The highest BCUT2D eigenvalue weighted by Crippen LogP contribution is 2.58. The van der Waals surface area contributed by atoms with Crippen molar-refractivity contribution < 1.29 is 0 Å². The molecule has 4 aliphatic rings. The van der Waals surface area contributed by atoms with Crippen molar-refractivity contribution >= 4 is 38.9 Å². The summed E-state index contributed by atoms with van der Waals surface area (Å²) >= 11 is 0. The van der Waals surface area contributed by atoms with Crippen LogP contribution in [0.4, 0.5) is 11.4 Å². The summed E-state index contributed by atoms with van der Waals surface area (Å²) in [7, 11) is 0. The molecule has 1 aromatic heterocycles. The van der Waals surface area contributed by atoms with Gasteiger partial charge < -0.3 is 9.47 Å². The van der Waals surface area contributed by atoms with Crippen LogP contribution in [0.25, 0.3) is 49.8 Å². The van der Waals surface area contributed by atoms with Crippen LogP contribution < -0.4 is 4.90 Å². The van der Waals surface area contributed by atoms with E-state index in [9.17, 15) is 0 Å². The van der Waals surface area contributed by atoms with E-state index < -0.39 is 0 Å². The van der Waals surface area contributed by atoms with Crippen molar-refractivity contribution in [3.8, 4) is 22.3 Å². The molecule has 0 saturated carbocycles. The van der Waals surface area contributed by atoms with Crippen molar-refractivity contribution in [3.63, 3.8) is 0 Å². The zero-order valence-electron chi connectivity index (χ0n) is 33.9. The summed E-state index contributed by atoms with van der Waals surface area (Å²) < 4.78 is 2.46. The quantitative estimate of drug-likeness (QED) is 0.157. The van der Waals surface area contributed by atoms with Gasteiger partial charge in [0.05, 0.1) is 11.0 Å². The first-order valence-corrected chi connectivity index (χ1v) is 21.4. The maximum absolute atomic E-state index is 2.57. The van der Waals surface area contributed by atoms with E-state index in [1.54, 1.807) is 22.3 Å². The molecule has 11 rings (SSSR count). The van der Waals surface area contributed by atoms with Crippen LogP contribution in [-0.4, -0.2) is 4.57 Å². The molecular weight excluding hydrogens is 713 g/mol. The van der Waals surface area contributed by atoms with E-state index in [0.717, 1.165) is 32.1 Å². The van der Waals surface area contributed by atoms with Gasteiger partial charge in [0.2, 0.25) is 0 Å².